The standard InChI is InChI=1S/C36H52N6O7S/c1-7-21(2)30(40-32(44)28-15-11-12-16-41(28)5)33(45)38-26-19-29(42(23(26)4)36(48)49-6)34-39-27(20-50-34)31(43)37-25(17-22(3)35(46)47)18-24-13-9-8-10-14-24/h8-10,13-14,20-23,25-26,28-30H,7,11-12,15-19H2,1-6H3,(H,37,43)(H,38,45)(H,40,44)(H,46,47). The van der Waals surface area contributed by atoms with Crippen molar-refractivity contribution in [2.24, 2.45) is 11.8 Å². The van der Waals surface area contributed by atoms with E-state index in [0.717, 1.165) is 31.4 Å². The number of likely N-dealkylation sites (tertiary alicyclic amines) is 2. The maximum atomic E-state index is 13.8. The van der Waals surface area contributed by atoms with Gasteiger partial charge in [-0.3, -0.25) is 29.0 Å². The highest BCUT2D eigenvalue weighted by Crippen LogP contribution is 2.38. The third-order valence-corrected chi connectivity index (χ3v) is 11.1. The minimum absolute atomic E-state index is 0.124. The molecule has 2 aliphatic rings. The smallest absolute Gasteiger partial charge is 0.410 e. The highest BCUT2D eigenvalue weighted by molar-refractivity contribution is 7.09. The van der Waals surface area contributed by atoms with Gasteiger partial charge in [0.2, 0.25) is 11.8 Å². The Hall–Kier alpha value is -4.04. The molecule has 4 rings (SSSR count). The van der Waals surface area contributed by atoms with Gasteiger partial charge in [0, 0.05) is 11.4 Å². The zero-order chi connectivity index (χ0) is 36.5. The highest BCUT2D eigenvalue weighted by Gasteiger charge is 2.46. The molecule has 50 heavy (non-hydrogen) atoms. The number of hydrogen-bond acceptors (Lipinski definition) is 9. The van der Waals surface area contributed by atoms with Crippen molar-refractivity contribution in [3.05, 3.63) is 52.0 Å². The molecule has 4 N–H and O–H groups in total. The SMILES string of the molecule is CCC(C)C(NC(=O)C1CCCCN1C)C(=O)NC1CC(c2nc(C(=O)NC(Cc3ccccc3)CC(C)C(=O)O)cs2)N(C(=O)OC)C1C. The van der Waals surface area contributed by atoms with Gasteiger partial charge in [0.1, 0.15) is 16.7 Å². The Labute approximate surface area is 298 Å². The predicted molar refractivity (Wildman–Crippen MR) is 190 cm³/mol. The van der Waals surface area contributed by atoms with E-state index in [1.54, 1.807) is 12.3 Å². The van der Waals surface area contributed by atoms with Gasteiger partial charge in [-0.1, -0.05) is 63.9 Å². The first-order valence-electron chi connectivity index (χ1n) is 17.5. The first-order valence-corrected chi connectivity index (χ1v) is 18.4. The molecule has 14 heteroatoms. The number of carboxylic acids is 1. The van der Waals surface area contributed by atoms with Crippen molar-refractivity contribution in [1.29, 1.82) is 0 Å². The molecule has 0 aliphatic carbocycles. The van der Waals surface area contributed by atoms with Gasteiger partial charge < -0.3 is 25.8 Å². The lowest BCUT2D eigenvalue weighted by Gasteiger charge is -2.34. The van der Waals surface area contributed by atoms with Crippen molar-refractivity contribution >= 4 is 41.1 Å². The summed E-state index contributed by atoms with van der Waals surface area (Å²) in [5.41, 5.74) is 1.12. The van der Waals surface area contributed by atoms with E-state index in [-0.39, 0.29) is 35.9 Å². The van der Waals surface area contributed by atoms with E-state index >= 15 is 0 Å². The molecule has 4 amide bonds. The fraction of sp³-hybridized carbons (Fsp3) is 0.611. The third kappa shape index (κ3) is 9.59. The fourth-order valence-corrected chi connectivity index (χ4v) is 7.79. The van der Waals surface area contributed by atoms with Gasteiger partial charge in [-0.15, -0.1) is 11.3 Å². The number of methoxy groups -OCH3 is 1. The number of nitrogens with one attached hydrogen (secondary N) is 3. The van der Waals surface area contributed by atoms with E-state index in [1.807, 2.05) is 63.1 Å². The summed E-state index contributed by atoms with van der Waals surface area (Å²) in [5.74, 6) is -2.64. The van der Waals surface area contributed by atoms with Crippen molar-refractivity contribution in [1.82, 2.24) is 30.7 Å². The predicted octanol–water partition coefficient (Wildman–Crippen LogP) is 4.00. The Balaban J connectivity index is 1.49. The van der Waals surface area contributed by atoms with Crippen LogP contribution >= 0.6 is 11.3 Å². The van der Waals surface area contributed by atoms with Gasteiger partial charge in [0.25, 0.3) is 5.91 Å². The van der Waals surface area contributed by atoms with Gasteiger partial charge in [-0.05, 0) is 64.1 Å². The number of aliphatic carboxylic acids is 1. The van der Waals surface area contributed by atoms with Crippen LogP contribution < -0.4 is 16.0 Å². The molecule has 1 aromatic carbocycles. The van der Waals surface area contributed by atoms with Crippen molar-refractivity contribution in [3.63, 3.8) is 0 Å². The number of aromatic nitrogens is 1. The molecule has 0 saturated carbocycles. The first kappa shape index (κ1) is 38.8. The van der Waals surface area contributed by atoms with Crippen LogP contribution in [0.25, 0.3) is 0 Å². The van der Waals surface area contributed by atoms with Crippen LogP contribution in [0.1, 0.15) is 93.3 Å². The van der Waals surface area contributed by atoms with Gasteiger partial charge in [-0.25, -0.2) is 9.78 Å². The Morgan fingerprint density at radius 2 is 1.82 bits per heavy atom. The van der Waals surface area contributed by atoms with Crippen LogP contribution in [0.2, 0.25) is 0 Å². The summed E-state index contributed by atoms with van der Waals surface area (Å²) in [6, 6.07) is 6.55. The number of thiazole rings is 1. The monoisotopic (exact) mass is 712 g/mol. The minimum Gasteiger partial charge on any atom is -0.481 e. The van der Waals surface area contributed by atoms with E-state index in [2.05, 4.69) is 20.9 Å². The number of likely N-dealkylation sites (N-methyl/N-ethyl adjacent to an activating group) is 1. The van der Waals surface area contributed by atoms with Crippen LogP contribution in [0.15, 0.2) is 35.7 Å². The molecular weight excluding hydrogens is 660 g/mol. The maximum Gasteiger partial charge on any atom is 0.410 e. The van der Waals surface area contributed by atoms with Gasteiger partial charge >= 0.3 is 12.1 Å². The summed E-state index contributed by atoms with van der Waals surface area (Å²) in [5, 5.41) is 20.8. The number of ether oxygens (including phenoxy) is 1. The number of carbonyl (C=O) groups is 5. The number of amides is 4. The van der Waals surface area contributed by atoms with Crippen molar-refractivity contribution in [3.8, 4) is 0 Å². The zero-order valence-electron chi connectivity index (χ0n) is 29.9. The molecule has 0 spiro atoms. The average molecular weight is 713 g/mol. The Bertz CT molecular complexity index is 1490. The summed E-state index contributed by atoms with van der Waals surface area (Å²) in [4.78, 5) is 73.4. The van der Waals surface area contributed by atoms with Gasteiger partial charge in [0.05, 0.1) is 37.2 Å². The van der Waals surface area contributed by atoms with Crippen molar-refractivity contribution in [2.75, 3.05) is 20.7 Å². The first-order chi connectivity index (χ1) is 23.8. The molecule has 2 saturated heterocycles. The van der Waals surface area contributed by atoms with Crippen LogP contribution in [0.3, 0.4) is 0 Å². The lowest BCUT2D eigenvalue weighted by molar-refractivity contribution is -0.141. The number of benzene rings is 1. The molecule has 8 atom stereocenters. The van der Waals surface area contributed by atoms with Crippen LogP contribution in [0.4, 0.5) is 4.79 Å². The summed E-state index contributed by atoms with van der Waals surface area (Å²) in [7, 11) is 3.22. The number of carbonyl (C=O) groups excluding carboxylic acids is 4. The molecule has 8 unspecified atom stereocenters. The van der Waals surface area contributed by atoms with Gasteiger partial charge in [-0.2, -0.15) is 0 Å². The molecule has 2 fully saturated rings. The molecule has 274 valence electrons. The second-order valence-electron chi connectivity index (χ2n) is 13.8. The second kappa shape index (κ2) is 17.8. The molecule has 0 radical (unpaired) electrons. The number of hydrogen-bond donors (Lipinski definition) is 4. The Morgan fingerprint density at radius 1 is 1.10 bits per heavy atom. The molecule has 2 aromatic rings. The maximum absolute atomic E-state index is 13.8. The summed E-state index contributed by atoms with van der Waals surface area (Å²) in [6.07, 6.45) is 3.86. The Kier molecular flexibility index (Phi) is 13.8. The largest absolute Gasteiger partial charge is 0.481 e. The van der Waals surface area contributed by atoms with E-state index in [4.69, 9.17) is 4.74 Å². The van der Waals surface area contributed by atoms with Crippen molar-refractivity contribution in [2.45, 2.75) is 109 Å². The van der Waals surface area contributed by atoms with Crippen LogP contribution in [0, 0.1) is 11.8 Å². The third-order valence-electron chi connectivity index (χ3n) is 10.2. The van der Waals surface area contributed by atoms with E-state index in [1.165, 1.54) is 23.3 Å². The average Bonchev–Trinajstić information content (AvgIpc) is 3.72. The molecule has 2 aliphatic heterocycles. The zero-order valence-corrected chi connectivity index (χ0v) is 30.7. The van der Waals surface area contributed by atoms with E-state index in [9.17, 15) is 29.1 Å². The Morgan fingerprint density at radius 3 is 2.46 bits per heavy atom. The number of nitrogens with zero attached hydrogens (tertiary/aromatic N) is 3. The van der Waals surface area contributed by atoms with E-state index in [0.29, 0.717) is 24.3 Å². The second-order valence-corrected chi connectivity index (χ2v) is 14.6. The summed E-state index contributed by atoms with van der Waals surface area (Å²) >= 11 is 1.23. The van der Waals surface area contributed by atoms with Crippen molar-refractivity contribution < 1.29 is 33.8 Å². The number of carboxylic acid groups (broad SMARTS) is 1. The van der Waals surface area contributed by atoms with Crippen LogP contribution in [-0.4, -0.2) is 101 Å². The molecule has 1 aromatic heterocycles. The normalized spacial score (nSPS) is 23.3. The number of piperidine rings is 1. The summed E-state index contributed by atoms with van der Waals surface area (Å²) < 4.78 is 5.12. The lowest BCUT2D eigenvalue weighted by Crippen LogP contribution is -2.58. The quantitative estimate of drug-likeness (QED) is 0.226. The molecular formula is C36H52N6O7S. The molecule has 0 bridgehead atoms. The topological polar surface area (TPSA) is 170 Å². The summed E-state index contributed by atoms with van der Waals surface area (Å²) in [6.45, 7) is 8.19. The highest BCUT2D eigenvalue weighted by atomic mass is 32.1. The minimum atomic E-state index is -0.942. The van der Waals surface area contributed by atoms with Gasteiger partial charge in [0.15, 0.2) is 0 Å². The lowest BCUT2D eigenvalue weighted by atomic mass is 9.95. The fourth-order valence-electron chi connectivity index (χ4n) is 6.88. The van der Waals surface area contributed by atoms with Crippen LogP contribution in [-0.2, 0) is 25.5 Å². The van der Waals surface area contributed by atoms with E-state index < -0.39 is 54.1 Å². The molecule has 3 heterocycles. The number of rotatable bonds is 14. The molecule has 13 nitrogen and oxygen atoms in total. The van der Waals surface area contributed by atoms with Crippen LogP contribution in [0.5, 0.6) is 0 Å².